The number of nitrogens with two attached hydrogens (primary N) is 1. The number of quaternary nitrogens is 1. The van der Waals surface area contributed by atoms with E-state index in [1.54, 1.807) is 0 Å². The van der Waals surface area contributed by atoms with Gasteiger partial charge in [-0.15, -0.1) is 0 Å². The van der Waals surface area contributed by atoms with E-state index in [-0.39, 0.29) is 23.8 Å². The van der Waals surface area contributed by atoms with Gasteiger partial charge in [-0.1, -0.05) is 54.4 Å². The number of carbonyl (C=O) groups is 2. The molecule has 0 saturated carbocycles. The monoisotopic (exact) mass is 633 g/mol. The normalized spacial score (nSPS) is 18.2. The number of urea groups is 1. The number of hydrogen-bond acceptors (Lipinski definition) is 3. The molecule has 1 saturated heterocycles. The van der Waals surface area contributed by atoms with E-state index in [0.29, 0.717) is 42.8 Å². The molecule has 8 nitrogen and oxygen atoms in total. The highest BCUT2D eigenvalue weighted by molar-refractivity contribution is 6.31. The maximum atomic E-state index is 14.7. The zero-order valence-corrected chi connectivity index (χ0v) is 26.6. The molecule has 0 bridgehead atoms. The van der Waals surface area contributed by atoms with E-state index < -0.39 is 6.04 Å². The molecule has 1 fully saturated rings. The summed E-state index contributed by atoms with van der Waals surface area (Å²) in [5.41, 5.74) is 4.97. The standard InChI is InChI=1S/C34H38Cl2N6O2/c1-22(29-20-38-30-9-4-3-8-28(29)30)32(33(43)42-21-23(19-37-2)16-24-17-26(36)10-11-31(24)42)39-34(44)41-14-12-40(13-15-41)27-7-5-6-25(35)18-27/h3-11,17-18,20,22-23,32,37-38H,12-16,19,21H2,1-2H3,(H,39,44)/p+1/t22?,23-,32?/m1/s1. The molecular formula is C34H39Cl2N6O2+. The van der Waals surface area contributed by atoms with Crippen molar-refractivity contribution in [3.05, 3.63) is 94.1 Å². The Bertz CT molecular complexity index is 1650. The Labute approximate surface area is 268 Å². The lowest BCUT2D eigenvalue weighted by atomic mass is 9.88. The van der Waals surface area contributed by atoms with Crippen molar-refractivity contribution >= 4 is 57.4 Å². The van der Waals surface area contributed by atoms with Crippen LogP contribution in [-0.4, -0.2) is 74.2 Å². The van der Waals surface area contributed by atoms with Crippen molar-refractivity contribution in [3.63, 3.8) is 0 Å². The lowest BCUT2D eigenvalue weighted by Gasteiger charge is -2.39. The van der Waals surface area contributed by atoms with E-state index >= 15 is 0 Å². The van der Waals surface area contributed by atoms with Gasteiger partial charge in [0.1, 0.15) is 6.04 Å². The summed E-state index contributed by atoms with van der Waals surface area (Å²) in [6, 6.07) is 20.6. The highest BCUT2D eigenvalue weighted by Gasteiger charge is 2.38. The molecule has 4 N–H and O–H groups in total. The largest absolute Gasteiger partial charge is 0.368 e. The molecular weight excluding hydrogens is 595 g/mol. The Hall–Kier alpha value is -3.72. The predicted octanol–water partition coefficient (Wildman–Crippen LogP) is 4.88. The molecule has 3 heterocycles. The lowest BCUT2D eigenvalue weighted by molar-refractivity contribution is -0.632. The molecule has 3 amide bonds. The minimum atomic E-state index is -0.777. The average Bonchev–Trinajstić information content (AvgIpc) is 3.47. The van der Waals surface area contributed by atoms with Crippen LogP contribution in [0.5, 0.6) is 0 Å². The van der Waals surface area contributed by atoms with E-state index in [2.05, 4.69) is 26.6 Å². The molecule has 2 aliphatic rings. The molecule has 10 heteroatoms. The number of halogens is 2. The molecule has 2 unspecified atom stereocenters. The first kappa shape index (κ1) is 30.3. The SMILES string of the molecule is C[NH2+]C[C@H]1Cc2cc(Cl)ccc2N(C(=O)C(NC(=O)N2CCN(c3cccc(Cl)c3)CC2)C(C)c2c[nH]c3ccccc23)C1. The molecule has 2 aliphatic heterocycles. The zero-order valence-electron chi connectivity index (χ0n) is 25.1. The van der Waals surface area contributed by atoms with Gasteiger partial charge in [0.15, 0.2) is 0 Å². The van der Waals surface area contributed by atoms with Crippen molar-refractivity contribution < 1.29 is 14.9 Å². The second-order valence-corrected chi connectivity index (χ2v) is 12.8. The number of carbonyl (C=O) groups excluding carboxylic acids is 2. The number of piperazine rings is 1. The number of anilines is 2. The molecule has 0 spiro atoms. The van der Waals surface area contributed by atoms with Crippen molar-refractivity contribution in [1.29, 1.82) is 0 Å². The van der Waals surface area contributed by atoms with Crippen molar-refractivity contribution in [3.8, 4) is 0 Å². The number of nitrogens with one attached hydrogen (secondary N) is 2. The third kappa shape index (κ3) is 6.25. The molecule has 0 radical (unpaired) electrons. The van der Waals surface area contributed by atoms with Gasteiger partial charge in [0.2, 0.25) is 5.91 Å². The number of H-pyrrole nitrogens is 1. The van der Waals surface area contributed by atoms with Gasteiger partial charge in [0, 0.05) is 83.1 Å². The van der Waals surface area contributed by atoms with Gasteiger partial charge in [-0.3, -0.25) is 4.79 Å². The Morgan fingerprint density at radius 2 is 1.77 bits per heavy atom. The van der Waals surface area contributed by atoms with Crippen molar-refractivity contribution in [1.82, 2.24) is 15.2 Å². The molecule has 0 aliphatic carbocycles. The summed E-state index contributed by atoms with van der Waals surface area (Å²) >= 11 is 12.6. The van der Waals surface area contributed by atoms with Gasteiger partial charge in [0.05, 0.1) is 13.6 Å². The summed E-state index contributed by atoms with van der Waals surface area (Å²) in [5, 5.41) is 7.75. The van der Waals surface area contributed by atoms with E-state index in [0.717, 1.165) is 46.4 Å². The van der Waals surface area contributed by atoms with Crippen LogP contribution in [0, 0.1) is 5.92 Å². The number of hydrogen-bond donors (Lipinski definition) is 3. The minimum absolute atomic E-state index is 0.113. The lowest BCUT2D eigenvalue weighted by Crippen LogP contribution is -2.82. The topological polar surface area (TPSA) is 88.3 Å². The maximum Gasteiger partial charge on any atom is 0.318 e. The number of amides is 3. The van der Waals surface area contributed by atoms with Crippen LogP contribution >= 0.6 is 23.2 Å². The number of nitrogens with zero attached hydrogens (tertiary/aromatic N) is 3. The first-order valence-electron chi connectivity index (χ1n) is 15.3. The van der Waals surface area contributed by atoms with Gasteiger partial charge in [0.25, 0.3) is 0 Å². The van der Waals surface area contributed by atoms with E-state index in [1.165, 1.54) is 0 Å². The number of aromatic amines is 1. The molecule has 1 aromatic heterocycles. The Morgan fingerprint density at radius 3 is 2.55 bits per heavy atom. The van der Waals surface area contributed by atoms with Crippen LogP contribution in [0.25, 0.3) is 10.9 Å². The van der Waals surface area contributed by atoms with Crippen LogP contribution in [0.4, 0.5) is 16.2 Å². The van der Waals surface area contributed by atoms with Crippen LogP contribution in [0.1, 0.15) is 24.0 Å². The third-order valence-electron chi connectivity index (χ3n) is 9.01. The summed E-state index contributed by atoms with van der Waals surface area (Å²) in [5.74, 6) is -0.128. The smallest absolute Gasteiger partial charge is 0.318 e. The second kappa shape index (κ2) is 13.1. The molecule has 4 aromatic rings. The van der Waals surface area contributed by atoms with E-state index in [1.807, 2.05) is 90.6 Å². The maximum absolute atomic E-state index is 14.7. The summed E-state index contributed by atoms with van der Waals surface area (Å²) in [6.45, 7) is 5.95. The van der Waals surface area contributed by atoms with Gasteiger partial charge < -0.3 is 30.3 Å². The molecule has 230 valence electrons. The summed E-state index contributed by atoms with van der Waals surface area (Å²) in [7, 11) is 2.05. The highest BCUT2D eigenvalue weighted by Crippen LogP contribution is 2.35. The van der Waals surface area contributed by atoms with Gasteiger partial charge in [-0.05, 0) is 60.0 Å². The van der Waals surface area contributed by atoms with Crippen LogP contribution in [0.2, 0.25) is 10.0 Å². The van der Waals surface area contributed by atoms with Crippen LogP contribution in [-0.2, 0) is 11.2 Å². The molecule has 44 heavy (non-hydrogen) atoms. The average molecular weight is 635 g/mol. The number of fused-ring (bicyclic) bond motifs is 2. The summed E-state index contributed by atoms with van der Waals surface area (Å²) < 4.78 is 0. The zero-order chi connectivity index (χ0) is 30.8. The Morgan fingerprint density at radius 1 is 1.00 bits per heavy atom. The fraction of sp³-hybridized carbons (Fsp3) is 0.353. The van der Waals surface area contributed by atoms with Crippen LogP contribution in [0.3, 0.4) is 0 Å². The first-order valence-corrected chi connectivity index (χ1v) is 16.1. The predicted molar refractivity (Wildman–Crippen MR) is 178 cm³/mol. The summed E-state index contributed by atoms with van der Waals surface area (Å²) in [4.78, 5) is 37.8. The fourth-order valence-electron chi connectivity index (χ4n) is 6.70. The Balaban J connectivity index is 1.28. The molecule has 6 rings (SSSR count). The van der Waals surface area contributed by atoms with Crippen LogP contribution in [0.15, 0.2) is 72.9 Å². The molecule has 3 aromatic carbocycles. The van der Waals surface area contributed by atoms with Crippen LogP contribution < -0.4 is 20.4 Å². The van der Waals surface area contributed by atoms with Gasteiger partial charge >= 0.3 is 6.03 Å². The quantitative estimate of drug-likeness (QED) is 0.271. The number of para-hydroxylation sites is 1. The second-order valence-electron chi connectivity index (χ2n) is 11.9. The number of benzene rings is 3. The van der Waals surface area contributed by atoms with E-state index in [4.69, 9.17) is 23.2 Å². The highest BCUT2D eigenvalue weighted by atomic mass is 35.5. The summed E-state index contributed by atoms with van der Waals surface area (Å²) in [6.07, 6.45) is 2.82. The van der Waals surface area contributed by atoms with Gasteiger partial charge in [-0.2, -0.15) is 0 Å². The third-order valence-corrected chi connectivity index (χ3v) is 9.48. The minimum Gasteiger partial charge on any atom is -0.368 e. The van der Waals surface area contributed by atoms with Crippen molar-refractivity contribution in [2.75, 3.05) is 56.1 Å². The number of rotatable bonds is 7. The van der Waals surface area contributed by atoms with Crippen molar-refractivity contribution in [2.45, 2.75) is 25.3 Å². The molecule has 3 atom stereocenters. The fourth-order valence-corrected chi connectivity index (χ4v) is 7.08. The van der Waals surface area contributed by atoms with Crippen molar-refractivity contribution in [2.24, 2.45) is 5.92 Å². The van der Waals surface area contributed by atoms with Gasteiger partial charge in [-0.25, -0.2) is 4.79 Å². The van der Waals surface area contributed by atoms with E-state index in [9.17, 15) is 9.59 Å². The Kier molecular flexibility index (Phi) is 9.03. The first-order chi connectivity index (χ1) is 21.3. The number of aromatic nitrogens is 1.